The van der Waals surface area contributed by atoms with Gasteiger partial charge in [-0.25, -0.2) is 4.98 Å². The molecule has 10 heavy (non-hydrogen) atoms. The van der Waals surface area contributed by atoms with Crippen LogP contribution in [0, 0.1) is 0 Å². The van der Waals surface area contributed by atoms with Crippen LogP contribution in [0.4, 0.5) is 0 Å². The summed E-state index contributed by atoms with van der Waals surface area (Å²) in [5.74, 6) is 0.671. The van der Waals surface area contributed by atoms with Crippen molar-refractivity contribution >= 4 is 23.1 Å². The molecular weight excluding hydrogens is 168 g/mol. The minimum Gasteiger partial charge on any atom is -0.209 e. The van der Waals surface area contributed by atoms with Crippen molar-refractivity contribution in [3.63, 3.8) is 0 Å². The van der Waals surface area contributed by atoms with Gasteiger partial charge in [-0.1, -0.05) is 6.42 Å². The summed E-state index contributed by atoms with van der Waals surface area (Å²) in [6.45, 7) is 0. The minimum atomic E-state index is 0.409. The first-order chi connectivity index (χ1) is 4.86. The average Bonchev–Trinajstić information content (AvgIpc) is 2.10. The highest BCUT2D eigenvalue weighted by Gasteiger charge is 2.22. The summed E-state index contributed by atoms with van der Waals surface area (Å²) in [7, 11) is 0. The topological polar surface area (TPSA) is 25.8 Å². The van der Waals surface area contributed by atoms with Gasteiger partial charge in [-0.05, 0) is 36.0 Å². The van der Waals surface area contributed by atoms with Gasteiger partial charge in [-0.3, -0.25) is 0 Å². The normalized spacial score (nSPS) is 18.9. The van der Waals surface area contributed by atoms with Crippen LogP contribution in [0.25, 0.3) is 0 Å². The van der Waals surface area contributed by atoms with Gasteiger partial charge in [0, 0.05) is 5.92 Å². The van der Waals surface area contributed by atoms with Gasteiger partial charge in [0.15, 0.2) is 0 Å². The summed E-state index contributed by atoms with van der Waals surface area (Å²) in [6, 6.07) is 0. The molecule has 2 rings (SSSR count). The Morgan fingerprint density at radius 3 is 2.70 bits per heavy atom. The predicted octanol–water partition coefficient (Wildman–Crippen LogP) is 2.46. The highest BCUT2D eigenvalue weighted by Crippen LogP contribution is 2.37. The lowest BCUT2D eigenvalue weighted by atomic mass is 9.86. The van der Waals surface area contributed by atoms with Crippen molar-refractivity contribution < 1.29 is 0 Å². The van der Waals surface area contributed by atoms with Crippen molar-refractivity contribution in [3.05, 3.63) is 10.3 Å². The summed E-state index contributed by atoms with van der Waals surface area (Å²) in [4.78, 5) is 4.11. The number of halogens is 1. The van der Waals surface area contributed by atoms with Gasteiger partial charge >= 0.3 is 0 Å². The maximum atomic E-state index is 5.57. The van der Waals surface area contributed by atoms with Gasteiger partial charge in [-0.2, -0.15) is 4.37 Å². The molecule has 1 fully saturated rings. The zero-order valence-corrected chi connectivity index (χ0v) is 6.95. The fourth-order valence-corrected chi connectivity index (χ4v) is 2.00. The Morgan fingerprint density at radius 1 is 1.50 bits per heavy atom. The molecule has 1 aromatic heterocycles. The van der Waals surface area contributed by atoms with Crippen molar-refractivity contribution in [2.75, 3.05) is 0 Å². The summed E-state index contributed by atoms with van der Waals surface area (Å²) in [5, 5.41) is 1.53. The second kappa shape index (κ2) is 2.47. The number of aromatic nitrogens is 2. The van der Waals surface area contributed by atoms with Crippen molar-refractivity contribution in [1.82, 2.24) is 9.36 Å². The zero-order valence-electron chi connectivity index (χ0n) is 5.38. The first kappa shape index (κ1) is 6.55. The summed E-state index contributed by atoms with van der Waals surface area (Å²) < 4.78 is 3.92. The van der Waals surface area contributed by atoms with Crippen LogP contribution in [0.3, 0.4) is 0 Å². The van der Waals surface area contributed by atoms with Crippen molar-refractivity contribution in [1.29, 1.82) is 0 Å². The van der Waals surface area contributed by atoms with E-state index < -0.39 is 0 Å². The van der Waals surface area contributed by atoms with E-state index in [2.05, 4.69) is 9.36 Å². The molecule has 1 aliphatic rings. The maximum absolute atomic E-state index is 5.57. The van der Waals surface area contributed by atoms with Crippen LogP contribution >= 0.6 is 23.1 Å². The Balaban J connectivity index is 2.17. The SMILES string of the molecule is Clc1nsc(C2CCC2)n1. The smallest absolute Gasteiger partial charge is 0.209 e. The Labute approximate surface area is 68.4 Å². The largest absolute Gasteiger partial charge is 0.234 e. The highest BCUT2D eigenvalue weighted by molar-refractivity contribution is 7.05. The van der Waals surface area contributed by atoms with E-state index in [0.29, 0.717) is 11.2 Å². The van der Waals surface area contributed by atoms with E-state index in [0.717, 1.165) is 5.01 Å². The quantitative estimate of drug-likeness (QED) is 0.654. The van der Waals surface area contributed by atoms with E-state index in [-0.39, 0.29) is 0 Å². The number of rotatable bonds is 1. The molecule has 54 valence electrons. The van der Waals surface area contributed by atoms with E-state index >= 15 is 0 Å². The van der Waals surface area contributed by atoms with Gasteiger partial charge < -0.3 is 0 Å². The fourth-order valence-electron chi connectivity index (χ4n) is 1.04. The maximum Gasteiger partial charge on any atom is 0.234 e. The van der Waals surface area contributed by atoms with Crippen molar-refractivity contribution in [2.24, 2.45) is 0 Å². The molecule has 4 heteroatoms. The molecule has 2 nitrogen and oxygen atoms in total. The summed E-state index contributed by atoms with van der Waals surface area (Å²) in [5.41, 5.74) is 0. The molecule has 0 spiro atoms. The van der Waals surface area contributed by atoms with Crippen LogP contribution in [-0.4, -0.2) is 9.36 Å². The van der Waals surface area contributed by atoms with Gasteiger partial charge in [0.05, 0.1) is 0 Å². The third-order valence-electron chi connectivity index (χ3n) is 1.87. The molecule has 1 saturated carbocycles. The van der Waals surface area contributed by atoms with Crippen molar-refractivity contribution in [2.45, 2.75) is 25.2 Å². The van der Waals surface area contributed by atoms with Crippen LogP contribution in [0.2, 0.25) is 5.28 Å². The van der Waals surface area contributed by atoms with Gasteiger partial charge in [0.2, 0.25) is 5.28 Å². The predicted molar refractivity (Wildman–Crippen MR) is 41.5 cm³/mol. The van der Waals surface area contributed by atoms with E-state index in [1.807, 2.05) is 0 Å². The first-order valence-corrected chi connectivity index (χ1v) is 4.50. The highest BCUT2D eigenvalue weighted by atomic mass is 35.5. The summed E-state index contributed by atoms with van der Waals surface area (Å²) >= 11 is 7.01. The zero-order chi connectivity index (χ0) is 6.97. The molecule has 0 saturated heterocycles. The number of hydrogen-bond donors (Lipinski definition) is 0. The van der Waals surface area contributed by atoms with Crippen LogP contribution in [0.5, 0.6) is 0 Å². The molecule has 0 amide bonds. The molecule has 0 unspecified atom stereocenters. The first-order valence-electron chi connectivity index (χ1n) is 3.35. The lowest BCUT2D eigenvalue weighted by Crippen LogP contribution is -2.07. The minimum absolute atomic E-state index is 0.409. The molecule has 0 aromatic carbocycles. The Bertz CT molecular complexity index is 231. The van der Waals surface area contributed by atoms with Gasteiger partial charge in [-0.15, -0.1) is 0 Å². The molecule has 0 aliphatic heterocycles. The van der Waals surface area contributed by atoms with Crippen molar-refractivity contribution in [3.8, 4) is 0 Å². The lowest BCUT2D eigenvalue weighted by Gasteiger charge is -2.21. The monoisotopic (exact) mass is 174 g/mol. The molecule has 0 radical (unpaired) electrons. The van der Waals surface area contributed by atoms with E-state index in [1.54, 1.807) is 0 Å². The standard InChI is InChI=1S/C6H7ClN2S/c7-6-8-5(10-9-6)4-2-1-3-4/h4H,1-3H2. The number of hydrogen-bond acceptors (Lipinski definition) is 3. The van der Waals surface area contributed by atoms with Crippen LogP contribution in [0.15, 0.2) is 0 Å². The summed E-state index contributed by atoms with van der Waals surface area (Å²) in [6.07, 6.45) is 3.87. The third kappa shape index (κ3) is 1.04. The van der Waals surface area contributed by atoms with Crippen LogP contribution in [0.1, 0.15) is 30.2 Å². The lowest BCUT2D eigenvalue weighted by molar-refractivity contribution is 0.418. The molecule has 1 aromatic rings. The van der Waals surface area contributed by atoms with E-state index in [4.69, 9.17) is 11.6 Å². The van der Waals surface area contributed by atoms with E-state index in [9.17, 15) is 0 Å². The van der Waals surface area contributed by atoms with E-state index in [1.165, 1.54) is 30.8 Å². The number of nitrogens with zero attached hydrogens (tertiary/aromatic N) is 2. The molecule has 1 heterocycles. The molecule has 0 bridgehead atoms. The van der Waals surface area contributed by atoms with Gasteiger partial charge in [0.1, 0.15) is 5.01 Å². The Kier molecular flexibility index (Phi) is 1.62. The average molecular weight is 175 g/mol. The molecule has 0 N–H and O–H groups in total. The van der Waals surface area contributed by atoms with Crippen LogP contribution < -0.4 is 0 Å². The fraction of sp³-hybridized carbons (Fsp3) is 0.667. The third-order valence-corrected chi connectivity index (χ3v) is 3.02. The second-order valence-electron chi connectivity index (χ2n) is 2.53. The molecule has 0 atom stereocenters. The van der Waals surface area contributed by atoms with Crippen LogP contribution in [-0.2, 0) is 0 Å². The van der Waals surface area contributed by atoms with Gasteiger partial charge in [0.25, 0.3) is 0 Å². The Morgan fingerprint density at radius 2 is 2.30 bits per heavy atom. The Hall–Kier alpha value is -0.150. The molecular formula is C6H7ClN2S. The second-order valence-corrected chi connectivity index (χ2v) is 3.65. The molecule has 1 aliphatic carbocycles.